The maximum Gasteiger partial charge on any atom is 0.305 e. The lowest BCUT2D eigenvalue weighted by Crippen LogP contribution is -1.99. The highest BCUT2D eigenvalue weighted by atomic mass is 16.5. The first-order valence-electron chi connectivity index (χ1n) is 14.2. The van der Waals surface area contributed by atoms with Crippen LogP contribution >= 0.6 is 0 Å². The molecule has 0 radical (unpaired) electrons. The van der Waals surface area contributed by atoms with E-state index in [2.05, 4.69) is 4.74 Å². The molecule has 0 aromatic heterocycles. The van der Waals surface area contributed by atoms with Crippen LogP contribution in [0.4, 0.5) is 0 Å². The molecule has 0 bridgehead atoms. The minimum absolute atomic E-state index is 0.0681. The van der Waals surface area contributed by atoms with Crippen LogP contribution in [0, 0.1) is 0 Å². The lowest BCUT2D eigenvalue weighted by molar-refractivity contribution is -0.140. The van der Waals surface area contributed by atoms with E-state index in [0.717, 1.165) is 19.3 Å². The first-order valence-corrected chi connectivity index (χ1v) is 14.2. The second kappa shape index (κ2) is 26.4. The fourth-order valence-electron chi connectivity index (χ4n) is 4.46. The fraction of sp³-hybridized carbons (Fsp3) is 0.931. The number of carbonyl (C=O) groups excluding carboxylic acids is 2. The number of esters is 1. The molecule has 0 N–H and O–H groups in total. The first-order chi connectivity index (χ1) is 15.7. The molecule has 0 heterocycles. The molecule has 0 unspecified atom stereocenters. The molecule has 190 valence electrons. The number of ketones is 1. The summed E-state index contributed by atoms with van der Waals surface area (Å²) in [4.78, 5) is 21.9. The number of Topliss-reactive ketones (excluding diaryl/α,β-unsaturated/α-hetero) is 1. The fourth-order valence-corrected chi connectivity index (χ4v) is 4.46. The Balaban J connectivity index is 3.04. The third-order valence-electron chi connectivity index (χ3n) is 6.64. The van der Waals surface area contributed by atoms with Crippen LogP contribution in [0.15, 0.2) is 0 Å². The highest BCUT2D eigenvalue weighted by Gasteiger charge is 1.99. The molecule has 3 heteroatoms. The summed E-state index contributed by atoms with van der Waals surface area (Å²) in [5, 5.41) is 0. The van der Waals surface area contributed by atoms with Gasteiger partial charge in [0.25, 0.3) is 0 Å². The maximum absolute atomic E-state index is 11.0. The Bertz CT molecular complexity index is 405. The molecule has 0 aliphatic heterocycles. The molecular formula is C29H56O3. The summed E-state index contributed by atoms with van der Waals surface area (Å²) in [7, 11) is 1.47. The molecule has 0 rings (SSSR count). The Morgan fingerprint density at radius 2 is 0.625 bits per heavy atom. The number of carbonyl (C=O) groups is 2. The average Bonchev–Trinajstić information content (AvgIpc) is 2.78. The summed E-state index contributed by atoms with van der Waals surface area (Å²) in [6.07, 6.45) is 32.3. The topological polar surface area (TPSA) is 43.4 Å². The van der Waals surface area contributed by atoms with Gasteiger partial charge in [-0.15, -0.1) is 0 Å². The van der Waals surface area contributed by atoms with Crippen LogP contribution in [0.2, 0.25) is 0 Å². The second-order valence-electron chi connectivity index (χ2n) is 9.91. The zero-order valence-electron chi connectivity index (χ0n) is 21.9. The minimum Gasteiger partial charge on any atom is -0.469 e. The Morgan fingerprint density at radius 3 is 0.844 bits per heavy atom. The van der Waals surface area contributed by atoms with Gasteiger partial charge in [0, 0.05) is 12.8 Å². The van der Waals surface area contributed by atoms with Gasteiger partial charge in [0.1, 0.15) is 5.78 Å². The van der Waals surface area contributed by atoms with Crippen molar-refractivity contribution in [2.45, 2.75) is 167 Å². The van der Waals surface area contributed by atoms with Crippen molar-refractivity contribution in [1.82, 2.24) is 0 Å². The van der Waals surface area contributed by atoms with Gasteiger partial charge in [-0.25, -0.2) is 0 Å². The van der Waals surface area contributed by atoms with Gasteiger partial charge in [-0.2, -0.15) is 0 Å². The van der Waals surface area contributed by atoms with Crippen molar-refractivity contribution in [2.75, 3.05) is 7.11 Å². The van der Waals surface area contributed by atoms with E-state index in [1.807, 2.05) is 0 Å². The zero-order chi connectivity index (χ0) is 23.5. The number of unbranched alkanes of at least 4 members (excludes halogenated alkanes) is 22. The molecule has 3 nitrogen and oxygen atoms in total. The van der Waals surface area contributed by atoms with Crippen molar-refractivity contribution in [3.63, 3.8) is 0 Å². The van der Waals surface area contributed by atoms with Crippen LogP contribution in [0.3, 0.4) is 0 Å². The predicted octanol–water partition coefficient (Wildman–Crippen LogP) is 9.50. The first kappa shape index (κ1) is 31.1. The molecule has 0 atom stereocenters. The highest BCUT2D eigenvalue weighted by Crippen LogP contribution is 2.15. The standard InChI is InChI=1S/C29H56O3/c1-28(30)26-24-22-20-18-16-14-12-10-8-6-4-3-5-7-9-11-13-15-17-19-21-23-25-27-29(31)32-2/h3-27H2,1-2H3. The van der Waals surface area contributed by atoms with E-state index in [1.54, 1.807) is 6.92 Å². The van der Waals surface area contributed by atoms with Crippen LogP contribution < -0.4 is 0 Å². The summed E-state index contributed by atoms with van der Waals surface area (Å²) in [6, 6.07) is 0. The van der Waals surface area contributed by atoms with Crippen LogP contribution in [-0.4, -0.2) is 18.9 Å². The van der Waals surface area contributed by atoms with Crippen molar-refractivity contribution in [3.8, 4) is 0 Å². The molecule has 0 aliphatic carbocycles. The molecule has 0 fully saturated rings. The Hall–Kier alpha value is -0.860. The van der Waals surface area contributed by atoms with Gasteiger partial charge in [-0.05, 0) is 19.8 Å². The molecule has 32 heavy (non-hydrogen) atoms. The SMILES string of the molecule is COC(=O)CCCCCCCCCCCCCCCCCCCCCCCCCC(C)=O. The van der Waals surface area contributed by atoms with Crippen LogP contribution in [0.25, 0.3) is 0 Å². The van der Waals surface area contributed by atoms with E-state index in [9.17, 15) is 9.59 Å². The number of hydrogen-bond acceptors (Lipinski definition) is 3. The zero-order valence-corrected chi connectivity index (χ0v) is 21.9. The minimum atomic E-state index is -0.0681. The van der Waals surface area contributed by atoms with E-state index in [4.69, 9.17) is 0 Å². The van der Waals surface area contributed by atoms with Gasteiger partial charge in [-0.1, -0.05) is 135 Å². The summed E-state index contributed by atoms with van der Waals surface area (Å²) in [5.41, 5.74) is 0. The van der Waals surface area contributed by atoms with E-state index in [-0.39, 0.29) is 5.97 Å². The van der Waals surface area contributed by atoms with Gasteiger partial charge in [0.15, 0.2) is 0 Å². The second-order valence-corrected chi connectivity index (χ2v) is 9.91. The van der Waals surface area contributed by atoms with Crippen molar-refractivity contribution >= 4 is 11.8 Å². The Labute approximate surface area is 200 Å². The summed E-state index contributed by atoms with van der Waals surface area (Å²) in [5.74, 6) is 0.274. The van der Waals surface area contributed by atoms with Gasteiger partial charge >= 0.3 is 5.97 Å². The van der Waals surface area contributed by atoms with Crippen molar-refractivity contribution in [1.29, 1.82) is 0 Å². The van der Waals surface area contributed by atoms with Crippen LogP contribution in [0.1, 0.15) is 167 Å². The summed E-state index contributed by atoms with van der Waals surface area (Å²) >= 11 is 0. The molecule has 0 saturated carbocycles. The average molecular weight is 453 g/mol. The summed E-state index contributed by atoms with van der Waals surface area (Å²) < 4.78 is 4.66. The quantitative estimate of drug-likeness (QED) is 0.0969. The third-order valence-corrected chi connectivity index (χ3v) is 6.64. The largest absolute Gasteiger partial charge is 0.469 e. The van der Waals surface area contributed by atoms with Crippen molar-refractivity contribution in [3.05, 3.63) is 0 Å². The van der Waals surface area contributed by atoms with Crippen LogP contribution in [0.5, 0.6) is 0 Å². The van der Waals surface area contributed by atoms with Crippen molar-refractivity contribution < 1.29 is 14.3 Å². The normalized spacial score (nSPS) is 11.1. The Kier molecular flexibility index (Phi) is 25.7. The molecule has 0 saturated heterocycles. The lowest BCUT2D eigenvalue weighted by Gasteiger charge is -2.04. The van der Waals surface area contributed by atoms with Gasteiger partial charge in [-0.3, -0.25) is 4.79 Å². The number of ether oxygens (including phenoxy) is 1. The summed E-state index contributed by atoms with van der Waals surface area (Å²) in [6.45, 7) is 1.70. The van der Waals surface area contributed by atoms with E-state index < -0.39 is 0 Å². The number of hydrogen-bond donors (Lipinski definition) is 0. The van der Waals surface area contributed by atoms with E-state index in [1.165, 1.54) is 142 Å². The maximum atomic E-state index is 11.0. The van der Waals surface area contributed by atoms with Crippen molar-refractivity contribution in [2.24, 2.45) is 0 Å². The molecular weight excluding hydrogens is 396 g/mol. The number of methoxy groups -OCH3 is 1. The Morgan fingerprint density at radius 1 is 0.406 bits per heavy atom. The van der Waals surface area contributed by atoms with Crippen LogP contribution in [-0.2, 0) is 14.3 Å². The molecule has 0 aromatic carbocycles. The predicted molar refractivity (Wildman–Crippen MR) is 138 cm³/mol. The smallest absolute Gasteiger partial charge is 0.305 e. The lowest BCUT2D eigenvalue weighted by atomic mass is 10.0. The molecule has 0 aromatic rings. The molecule has 0 amide bonds. The third kappa shape index (κ3) is 27.2. The van der Waals surface area contributed by atoms with E-state index >= 15 is 0 Å². The highest BCUT2D eigenvalue weighted by molar-refractivity contribution is 5.75. The van der Waals surface area contributed by atoms with Gasteiger partial charge < -0.3 is 9.53 Å². The molecule has 0 spiro atoms. The van der Waals surface area contributed by atoms with Gasteiger partial charge in [0.05, 0.1) is 7.11 Å². The monoisotopic (exact) mass is 452 g/mol. The number of rotatable bonds is 26. The van der Waals surface area contributed by atoms with E-state index in [0.29, 0.717) is 12.2 Å². The van der Waals surface area contributed by atoms with Gasteiger partial charge in [0.2, 0.25) is 0 Å². The molecule has 0 aliphatic rings.